The van der Waals surface area contributed by atoms with Gasteiger partial charge in [-0.2, -0.15) is 0 Å². The van der Waals surface area contributed by atoms with Gasteiger partial charge in [-0.05, 0) is 25.1 Å². The van der Waals surface area contributed by atoms with Crippen LogP contribution in [0.1, 0.15) is 12.0 Å². The smallest absolute Gasteiger partial charge is 0.0234 e. The fourth-order valence-electron chi connectivity index (χ4n) is 2.20. The van der Waals surface area contributed by atoms with Crippen molar-refractivity contribution in [3.63, 3.8) is 0 Å². The van der Waals surface area contributed by atoms with Crippen molar-refractivity contribution in [1.29, 1.82) is 0 Å². The lowest BCUT2D eigenvalue weighted by Gasteiger charge is -2.24. The van der Waals surface area contributed by atoms with E-state index in [0.717, 1.165) is 39.3 Å². The predicted octanol–water partition coefficient (Wildman–Crippen LogP) is 1.07. The third kappa shape index (κ3) is 4.86. The molecular formula is C14H23N3. The van der Waals surface area contributed by atoms with Crippen molar-refractivity contribution in [3.05, 3.63) is 35.9 Å². The first-order chi connectivity index (χ1) is 8.45. The van der Waals surface area contributed by atoms with Crippen molar-refractivity contribution in [3.8, 4) is 0 Å². The molecule has 0 aliphatic carbocycles. The molecular weight excluding hydrogens is 210 g/mol. The largest absolute Gasteiger partial charge is 0.315 e. The van der Waals surface area contributed by atoms with Gasteiger partial charge in [0.15, 0.2) is 0 Å². The first-order valence-corrected chi connectivity index (χ1v) is 6.63. The summed E-state index contributed by atoms with van der Waals surface area (Å²) in [4.78, 5) is 2.54. The molecule has 2 rings (SSSR count). The fourth-order valence-corrected chi connectivity index (χ4v) is 2.20. The zero-order chi connectivity index (χ0) is 11.8. The van der Waals surface area contributed by atoms with Gasteiger partial charge in [0.2, 0.25) is 0 Å². The molecule has 17 heavy (non-hydrogen) atoms. The van der Waals surface area contributed by atoms with Crippen molar-refractivity contribution in [2.24, 2.45) is 0 Å². The Morgan fingerprint density at radius 2 is 1.65 bits per heavy atom. The zero-order valence-corrected chi connectivity index (χ0v) is 10.5. The summed E-state index contributed by atoms with van der Waals surface area (Å²) in [6.07, 6.45) is 1.24. The monoisotopic (exact) mass is 233 g/mol. The molecule has 1 aromatic carbocycles. The molecule has 1 aliphatic heterocycles. The lowest BCUT2D eigenvalue weighted by Crippen LogP contribution is -2.38. The molecule has 94 valence electrons. The highest BCUT2D eigenvalue weighted by atomic mass is 15.1. The number of hydrogen-bond acceptors (Lipinski definition) is 3. The average Bonchev–Trinajstić information content (AvgIpc) is 2.38. The normalized spacial score (nSPS) is 20.0. The summed E-state index contributed by atoms with van der Waals surface area (Å²) in [6.45, 7) is 7.81. The molecule has 0 unspecified atom stereocenters. The predicted molar refractivity (Wildman–Crippen MR) is 72.1 cm³/mol. The minimum absolute atomic E-state index is 1.07. The van der Waals surface area contributed by atoms with E-state index >= 15 is 0 Å². The SMILES string of the molecule is c1ccc(CN2CCCNCCNCC2)cc1. The Kier molecular flexibility index (Phi) is 5.49. The van der Waals surface area contributed by atoms with Gasteiger partial charge in [-0.15, -0.1) is 0 Å². The maximum Gasteiger partial charge on any atom is 0.0234 e. The molecule has 3 heteroatoms. The van der Waals surface area contributed by atoms with Crippen LogP contribution in [0.15, 0.2) is 30.3 Å². The van der Waals surface area contributed by atoms with Crippen LogP contribution >= 0.6 is 0 Å². The van der Waals surface area contributed by atoms with Crippen molar-refractivity contribution < 1.29 is 0 Å². The highest BCUT2D eigenvalue weighted by Crippen LogP contribution is 2.04. The maximum atomic E-state index is 3.47. The second-order valence-corrected chi connectivity index (χ2v) is 4.62. The number of hydrogen-bond donors (Lipinski definition) is 2. The van der Waals surface area contributed by atoms with E-state index in [0.29, 0.717) is 0 Å². The van der Waals surface area contributed by atoms with Gasteiger partial charge in [0.25, 0.3) is 0 Å². The van der Waals surface area contributed by atoms with E-state index < -0.39 is 0 Å². The second-order valence-electron chi connectivity index (χ2n) is 4.62. The van der Waals surface area contributed by atoms with E-state index in [9.17, 15) is 0 Å². The molecule has 1 saturated heterocycles. The van der Waals surface area contributed by atoms with Crippen LogP contribution in [0.2, 0.25) is 0 Å². The van der Waals surface area contributed by atoms with Gasteiger partial charge in [0.05, 0.1) is 0 Å². The molecule has 0 saturated carbocycles. The summed E-state index contributed by atoms with van der Waals surface area (Å²) < 4.78 is 0. The maximum absolute atomic E-state index is 3.47. The lowest BCUT2D eigenvalue weighted by molar-refractivity contribution is 0.256. The average molecular weight is 233 g/mol. The first kappa shape index (κ1) is 12.6. The standard InChI is InChI=1S/C14H23N3/c1-2-5-14(6-3-1)13-17-11-4-7-15-8-9-16-10-12-17/h1-3,5-6,15-16H,4,7-13H2. The van der Waals surface area contributed by atoms with E-state index in [1.807, 2.05) is 0 Å². The lowest BCUT2D eigenvalue weighted by atomic mass is 10.2. The van der Waals surface area contributed by atoms with Gasteiger partial charge in [0, 0.05) is 32.7 Å². The van der Waals surface area contributed by atoms with Crippen molar-refractivity contribution in [1.82, 2.24) is 15.5 Å². The Bertz CT molecular complexity index is 290. The molecule has 1 fully saturated rings. The summed E-state index contributed by atoms with van der Waals surface area (Å²) in [5, 5.41) is 6.92. The third-order valence-corrected chi connectivity index (χ3v) is 3.16. The Hall–Kier alpha value is -0.900. The van der Waals surface area contributed by atoms with Gasteiger partial charge in [-0.3, -0.25) is 4.90 Å². The van der Waals surface area contributed by atoms with Crippen molar-refractivity contribution in [2.75, 3.05) is 39.3 Å². The number of nitrogens with zero attached hydrogens (tertiary/aromatic N) is 1. The molecule has 0 spiro atoms. The van der Waals surface area contributed by atoms with E-state index in [1.54, 1.807) is 0 Å². The molecule has 1 aromatic rings. The van der Waals surface area contributed by atoms with Gasteiger partial charge in [-0.25, -0.2) is 0 Å². The third-order valence-electron chi connectivity index (χ3n) is 3.16. The first-order valence-electron chi connectivity index (χ1n) is 6.63. The Morgan fingerprint density at radius 1 is 0.882 bits per heavy atom. The molecule has 2 N–H and O–H groups in total. The number of rotatable bonds is 2. The van der Waals surface area contributed by atoms with Crippen LogP contribution in [0.4, 0.5) is 0 Å². The highest BCUT2D eigenvalue weighted by Gasteiger charge is 2.06. The van der Waals surface area contributed by atoms with E-state index in [1.165, 1.54) is 18.5 Å². The topological polar surface area (TPSA) is 27.3 Å². The van der Waals surface area contributed by atoms with Gasteiger partial charge >= 0.3 is 0 Å². The van der Waals surface area contributed by atoms with Gasteiger partial charge in [0.1, 0.15) is 0 Å². The van der Waals surface area contributed by atoms with E-state index in [4.69, 9.17) is 0 Å². The van der Waals surface area contributed by atoms with Crippen LogP contribution in [0.3, 0.4) is 0 Å². The van der Waals surface area contributed by atoms with Crippen LogP contribution in [-0.2, 0) is 6.54 Å². The number of benzene rings is 1. The van der Waals surface area contributed by atoms with Crippen molar-refractivity contribution >= 4 is 0 Å². The Morgan fingerprint density at radius 3 is 2.47 bits per heavy atom. The molecule has 0 atom stereocenters. The second kappa shape index (κ2) is 7.43. The quantitative estimate of drug-likeness (QED) is 0.800. The molecule has 1 aliphatic rings. The summed E-state index contributed by atoms with van der Waals surface area (Å²) in [6, 6.07) is 10.7. The highest BCUT2D eigenvalue weighted by molar-refractivity contribution is 5.14. The van der Waals surface area contributed by atoms with Crippen LogP contribution in [-0.4, -0.2) is 44.2 Å². The molecule has 0 amide bonds. The van der Waals surface area contributed by atoms with Crippen LogP contribution in [0.5, 0.6) is 0 Å². The van der Waals surface area contributed by atoms with E-state index in [-0.39, 0.29) is 0 Å². The minimum atomic E-state index is 1.07. The van der Waals surface area contributed by atoms with Gasteiger partial charge < -0.3 is 10.6 Å². The Labute approximate surface area is 104 Å². The minimum Gasteiger partial charge on any atom is -0.315 e. The molecule has 0 radical (unpaired) electrons. The molecule has 1 heterocycles. The van der Waals surface area contributed by atoms with Crippen LogP contribution in [0, 0.1) is 0 Å². The van der Waals surface area contributed by atoms with Crippen LogP contribution in [0.25, 0.3) is 0 Å². The molecule has 0 aromatic heterocycles. The summed E-state index contributed by atoms with van der Waals surface area (Å²) in [7, 11) is 0. The summed E-state index contributed by atoms with van der Waals surface area (Å²) in [5.74, 6) is 0. The van der Waals surface area contributed by atoms with Crippen molar-refractivity contribution in [2.45, 2.75) is 13.0 Å². The van der Waals surface area contributed by atoms with Crippen LogP contribution < -0.4 is 10.6 Å². The number of nitrogens with one attached hydrogen (secondary N) is 2. The summed E-state index contributed by atoms with van der Waals surface area (Å²) in [5.41, 5.74) is 1.41. The fraction of sp³-hybridized carbons (Fsp3) is 0.571. The molecule has 0 bridgehead atoms. The van der Waals surface area contributed by atoms with E-state index in [2.05, 4.69) is 45.9 Å². The molecule has 3 nitrogen and oxygen atoms in total. The Balaban J connectivity index is 1.83. The zero-order valence-electron chi connectivity index (χ0n) is 10.5. The summed E-state index contributed by atoms with van der Waals surface area (Å²) >= 11 is 0. The van der Waals surface area contributed by atoms with Gasteiger partial charge in [-0.1, -0.05) is 30.3 Å².